The second-order valence-corrected chi connectivity index (χ2v) is 9.52. The summed E-state index contributed by atoms with van der Waals surface area (Å²) < 4.78 is 0. The molecule has 146 valence electrons. The number of hydrogen-bond acceptors (Lipinski definition) is 5. The maximum Gasteiger partial charge on any atom is 0.237 e. The molecular formula is C22H25N3OS2. The number of amides is 1. The molecule has 0 unspecified atom stereocenters. The average Bonchev–Trinajstić information content (AvgIpc) is 3.05. The highest BCUT2D eigenvalue weighted by atomic mass is 32.2. The number of rotatable bonds is 5. The van der Waals surface area contributed by atoms with Gasteiger partial charge in [-0.2, -0.15) is 0 Å². The fourth-order valence-electron chi connectivity index (χ4n) is 3.86. The lowest BCUT2D eigenvalue weighted by Gasteiger charge is -2.21. The van der Waals surface area contributed by atoms with E-state index in [-0.39, 0.29) is 5.91 Å². The molecule has 1 aromatic carbocycles. The van der Waals surface area contributed by atoms with Crippen LogP contribution in [0.4, 0.5) is 5.69 Å². The minimum absolute atomic E-state index is 0.114. The van der Waals surface area contributed by atoms with Gasteiger partial charge in [0.2, 0.25) is 5.91 Å². The van der Waals surface area contributed by atoms with E-state index in [1.54, 1.807) is 29.4 Å². The number of anilines is 1. The fourth-order valence-corrected chi connectivity index (χ4v) is 6.18. The van der Waals surface area contributed by atoms with Gasteiger partial charge >= 0.3 is 0 Å². The number of aromatic nitrogens is 2. The predicted molar refractivity (Wildman–Crippen MR) is 119 cm³/mol. The minimum Gasteiger partial charge on any atom is -0.312 e. The summed E-state index contributed by atoms with van der Waals surface area (Å²) in [7, 11) is 0. The number of nitrogens with zero attached hydrogens (tertiary/aromatic N) is 3. The summed E-state index contributed by atoms with van der Waals surface area (Å²) in [4.78, 5) is 26.3. The van der Waals surface area contributed by atoms with Gasteiger partial charge < -0.3 is 4.90 Å². The topological polar surface area (TPSA) is 46.1 Å². The Hall–Kier alpha value is -1.92. The van der Waals surface area contributed by atoms with Crippen LogP contribution >= 0.6 is 23.1 Å². The van der Waals surface area contributed by atoms with Gasteiger partial charge in [0.25, 0.3) is 0 Å². The maximum atomic E-state index is 12.9. The third kappa shape index (κ3) is 3.80. The largest absolute Gasteiger partial charge is 0.312 e. The highest BCUT2D eigenvalue weighted by molar-refractivity contribution is 8.00. The Bertz CT molecular complexity index is 1010. The summed E-state index contributed by atoms with van der Waals surface area (Å²) in [6.45, 7) is 7.05. The van der Waals surface area contributed by atoms with Crippen molar-refractivity contribution in [2.24, 2.45) is 5.92 Å². The number of aryl methyl sites for hydroxylation is 2. The standard InChI is InChI=1S/C22H25N3OS2/c1-4-25(16-7-5-6-14(2)10-16)19(26)12-27-21-20-17-9-8-15(3)11-18(17)28-22(20)24-13-23-21/h5-7,10,13,15H,4,8-9,11-12H2,1-3H3/t15-/m1/s1. The number of hydrogen-bond donors (Lipinski definition) is 0. The van der Waals surface area contributed by atoms with E-state index in [2.05, 4.69) is 35.9 Å². The van der Waals surface area contributed by atoms with Gasteiger partial charge in [-0.05, 0) is 62.3 Å². The van der Waals surface area contributed by atoms with Gasteiger partial charge in [0, 0.05) is 22.5 Å². The van der Waals surface area contributed by atoms with E-state index in [1.165, 1.54) is 22.2 Å². The molecule has 4 nitrogen and oxygen atoms in total. The number of benzene rings is 1. The molecule has 0 radical (unpaired) electrons. The molecule has 6 heteroatoms. The summed E-state index contributed by atoms with van der Waals surface area (Å²) >= 11 is 3.34. The van der Waals surface area contributed by atoms with Gasteiger partial charge in [0.15, 0.2) is 0 Å². The molecule has 1 atom stereocenters. The molecule has 28 heavy (non-hydrogen) atoms. The Morgan fingerprint density at radius 2 is 2.21 bits per heavy atom. The molecule has 2 heterocycles. The zero-order valence-electron chi connectivity index (χ0n) is 16.6. The van der Waals surface area contributed by atoms with Crippen LogP contribution in [0.25, 0.3) is 10.2 Å². The quantitative estimate of drug-likeness (QED) is 0.424. The molecular weight excluding hydrogens is 386 g/mol. The van der Waals surface area contributed by atoms with Gasteiger partial charge in [0.1, 0.15) is 16.2 Å². The Morgan fingerprint density at radius 3 is 3.00 bits per heavy atom. The van der Waals surface area contributed by atoms with Crippen LogP contribution in [-0.2, 0) is 17.6 Å². The monoisotopic (exact) mass is 411 g/mol. The van der Waals surface area contributed by atoms with Crippen LogP contribution in [-0.4, -0.2) is 28.2 Å². The van der Waals surface area contributed by atoms with E-state index in [0.717, 1.165) is 39.9 Å². The normalized spacial score (nSPS) is 16.2. The number of carbonyl (C=O) groups excluding carboxylic acids is 1. The second-order valence-electron chi connectivity index (χ2n) is 7.48. The zero-order chi connectivity index (χ0) is 19.7. The first-order chi connectivity index (χ1) is 13.6. The minimum atomic E-state index is 0.114. The van der Waals surface area contributed by atoms with Crippen LogP contribution in [0.3, 0.4) is 0 Å². The van der Waals surface area contributed by atoms with E-state index < -0.39 is 0 Å². The zero-order valence-corrected chi connectivity index (χ0v) is 18.2. The van der Waals surface area contributed by atoms with Gasteiger partial charge in [-0.25, -0.2) is 9.97 Å². The second kappa shape index (κ2) is 8.21. The smallest absolute Gasteiger partial charge is 0.237 e. The lowest BCUT2D eigenvalue weighted by molar-refractivity contribution is -0.116. The third-order valence-electron chi connectivity index (χ3n) is 5.32. The van der Waals surface area contributed by atoms with Crippen molar-refractivity contribution in [2.75, 3.05) is 17.2 Å². The van der Waals surface area contributed by atoms with Crippen molar-refractivity contribution in [3.8, 4) is 0 Å². The number of thioether (sulfide) groups is 1. The van der Waals surface area contributed by atoms with Crippen LogP contribution < -0.4 is 4.90 Å². The van der Waals surface area contributed by atoms with Crippen molar-refractivity contribution in [2.45, 2.75) is 45.1 Å². The SMILES string of the molecule is CCN(C(=O)CSc1ncnc2sc3c(c12)CC[C@@H](C)C3)c1cccc(C)c1. The van der Waals surface area contributed by atoms with E-state index >= 15 is 0 Å². The first-order valence-electron chi connectivity index (χ1n) is 9.82. The van der Waals surface area contributed by atoms with Gasteiger partial charge in [-0.15, -0.1) is 11.3 Å². The molecule has 0 saturated heterocycles. The molecule has 0 bridgehead atoms. The average molecular weight is 412 g/mol. The van der Waals surface area contributed by atoms with Crippen molar-refractivity contribution >= 4 is 44.9 Å². The van der Waals surface area contributed by atoms with Crippen LogP contribution in [0.1, 0.15) is 36.3 Å². The highest BCUT2D eigenvalue weighted by Crippen LogP contribution is 2.40. The summed E-state index contributed by atoms with van der Waals surface area (Å²) in [5, 5.41) is 2.14. The third-order valence-corrected chi connectivity index (χ3v) is 7.46. The lowest BCUT2D eigenvalue weighted by Crippen LogP contribution is -2.32. The Balaban J connectivity index is 1.56. The molecule has 0 saturated carbocycles. The van der Waals surface area contributed by atoms with Gasteiger partial charge in [-0.3, -0.25) is 4.79 Å². The molecule has 0 spiro atoms. The Labute approximate surface area is 174 Å². The molecule has 4 rings (SSSR count). The molecule has 0 fully saturated rings. The van der Waals surface area contributed by atoms with Gasteiger partial charge in [-0.1, -0.05) is 30.8 Å². The first kappa shape index (κ1) is 19.4. The number of fused-ring (bicyclic) bond motifs is 3. The first-order valence-corrected chi connectivity index (χ1v) is 11.6. The summed E-state index contributed by atoms with van der Waals surface area (Å²) in [5.41, 5.74) is 3.54. The van der Waals surface area contributed by atoms with Crippen LogP contribution in [0.15, 0.2) is 35.6 Å². The van der Waals surface area contributed by atoms with E-state index in [4.69, 9.17) is 0 Å². The number of thiophene rings is 1. The highest BCUT2D eigenvalue weighted by Gasteiger charge is 2.24. The van der Waals surface area contributed by atoms with E-state index in [1.807, 2.05) is 24.0 Å². The van der Waals surface area contributed by atoms with Crippen molar-refractivity contribution in [1.29, 1.82) is 0 Å². The van der Waals surface area contributed by atoms with E-state index in [0.29, 0.717) is 12.3 Å². The maximum absolute atomic E-state index is 12.9. The van der Waals surface area contributed by atoms with Crippen LogP contribution in [0.2, 0.25) is 0 Å². The summed E-state index contributed by atoms with van der Waals surface area (Å²) in [6.07, 6.45) is 5.08. The predicted octanol–water partition coefficient (Wildman–Crippen LogP) is 5.27. The molecule has 1 aliphatic rings. The van der Waals surface area contributed by atoms with Crippen molar-refractivity contribution in [3.05, 3.63) is 46.6 Å². The summed E-state index contributed by atoms with van der Waals surface area (Å²) in [6, 6.07) is 8.11. The molecule has 3 aromatic rings. The molecule has 2 aromatic heterocycles. The van der Waals surface area contributed by atoms with Gasteiger partial charge in [0.05, 0.1) is 5.75 Å². The fraction of sp³-hybridized carbons (Fsp3) is 0.409. The van der Waals surface area contributed by atoms with Crippen molar-refractivity contribution in [3.63, 3.8) is 0 Å². The van der Waals surface area contributed by atoms with E-state index in [9.17, 15) is 4.79 Å². The van der Waals surface area contributed by atoms with Crippen LogP contribution in [0, 0.1) is 12.8 Å². The molecule has 1 aliphatic carbocycles. The van der Waals surface area contributed by atoms with Crippen molar-refractivity contribution < 1.29 is 4.79 Å². The van der Waals surface area contributed by atoms with Crippen molar-refractivity contribution in [1.82, 2.24) is 9.97 Å². The Kier molecular flexibility index (Phi) is 5.69. The lowest BCUT2D eigenvalue weighted by atomic mass is 9.89. The molecule has 1 amide bonds. The van der Waals surface area contributed by atoms with Crippen LogP contribution in [0.5, 0.6) is 0 Å². The molecule has 0 aliphatic heterocycles. The Morgan fingerprint density at radius 1 is 1.36 bits per heavy atom. The number of carbonyl (C=O) groups is 1. The molecule has 0 N–H and O–H groups in total. The summed E-state index contributed by atoms with van der Waals surface area (Å²) in [5.74, 6) is 1.23.